The summed E-state index contributed by atoms with van der Waals surface area (Å²) in [6, 6.07) is 16.7. The van der Waals surface area contributed by atoms with Crippen molar-refractivity contribution in [2.45, 2.75) is 6.42 Å². The zero-order valence-corrected chi connectivity index (χ0v) is 16.1. The molecule has 2 aromatic carbocycles. The standard InChI is InChI=1S/C19H23N3O4S/c1-26-18-10-6-9-17(13-18)14-20-21-19(23)15-22(27(2,24)25)12-11-16-7-4-3-5-8-16/h3-10,13-14H,11-12,15H2,1-2H3,(H,21,23)/b20-14+. The van der Waals surface area contributed by atoms with Crippen molar-refractivity contribution in [3.05, 3.63) is 65.7 Å². The SMILES string of the molecule is COc1cccc(/C=N/NC(=O)CN(CCc2ccccc2)S(C)(=O)=O)c1. The van der Waals surface area contributed by atoms with Gasteiger partial charge in [0, 0.05) is 6.54 Å². The molecule has 0 aromatic heterocycles. The Hall–Kier alpha value is -2.71. The van der Waals surface area contributed by atoms with E-state index in [0.29, 0.717) is 12.2 Å². The maximum Gasteiger partial charge on any atom is 0.255 e. The number of methoxy groups -OCH3 is 1. The van der Waals surface area contributed by atoms with Crippen molar-refractivity contribution in [1.82, 2.24) is 9.73 Å². The normalized spacial score (nSPS) is 11.7. The monoisotopic (exact) mass is 389 g/mol. The molecular weight excluding hydrogens is 366 g/mol. The van der Waals surface area contributed by atoms with Crippen LogP contribution in [0.25, 0.3) is 0 Å². The van der Waals surface area contributed by atoms with Crippen molar-refractivity contribution in [1.29, 1.82) is 0 Å². The number of rotatable bonds is 9. The molecule has 0 heterocycles. The fourth-order valence-electron chi connectivity index (χ4n) is 2.36. The van der Waals surface area contributed by atoms with Gasteiger partial charge in [0.1, 0.15) is 5.75 Å². The molecule has 2 aromatic rings. The number of nitrogens with zero attached hydrogens (tertiary/aromatic N) is 2. The summed E-state index contributed by atoms with van der Waals surface area (Å²) >= 11 is 0. The number of amides is 1. The predicted molar refractivity (Wildman–Crippen MR) is 105 cm³/mol. The first-order valence-electron chi connectivity index (χ1n) is 8.33. The summed E-state index contributed by atoms with van der Waals surface area (Å²) in [5.41, 5.74) is 4.10. The molecule has 0 fully saturated rings. The summed E-state index contributed by atoms with van der Waals surface area (Å²) in [7, 11) is -1.95. The molecule has 1 amide bonds. The first-order chi connectivity index (χ1) is 12.9. The van der Waals surface area contributed by atoms with Crippen molar-refractivity contribution in [2.75, 3.05) is 26.5 Å². The van der Waals surface area contributed by atoms with Crippen LogP contribution in [0.15, 0.2) is 59.7 Å². The van der Waals surface area contributed by atoms with E-state index in [-0.39, 0.29) is 13.1 Å². The molecule has 0 saturated carbocycles. The Morgan fingerprint density at radius 3 is 2.59 bits per heavy atom. The maximum atomic E-state index is 12.1. The van der Waals surface area contributed by atoms with E-state index in [9.17, 15) is 13.2 Å². The van der Waals surface area contributed by atoms with Crippen LogP contribution in [0.1, 0.15) is 11.1 Å². The van der Waals surface area contributed by atoms with Crippen LogP contribution in [-0.4, -0.2) is 51.3 Å². The molecule has 8 heteroatoms. The number of ether oxygens (including phenoxy) is 1. The van der Waals surface area contributed by atoms with Crippen molar-refractivity contribution in [2.24, 2.45) is 5.10 Å². The Balaban J connectivity index is 1.92. The summed E-state index contributed by atoms with van der Waals surface area (Å²) in [6.07, 6.45) is 3.08. The van der Waals surface area contributed by atoms with Crippen LogP contribution in [0.3, 0.4) is 0 Å². The molecule has 0 bridgehead atoms. The zero-order valence-electron chi connectivity index (χ0n) is 15.3. The van der Waals surface area contributed by atoms with Gasteiger partial charge < -0.3 is 4.74 Å². The first-order valence-corrected chi connectivity index (χ1v) is 10.2. The second-order valence-corrected chi connectivity index (χ2v) is 7.88. The number of hydrazone groups is 1. The third kappa shape index (κ3) is 7.20. The highest BCUT2D eigenvalue weighted by atomic mass is 32.2. The average molecular weight is 389 g/mol. The Kier molecular flexibility index (Phi) is 7.51. The van der Waals surface area contributed by atoms with Crippen LogP contribution in [0, 0.1) is 0 Å². The summed E-state index contributed by atoms with van der Waals surface area (Å²) in [4.78, 5) is 12.1. The average Bonchev–Trinajstić information content (AvgIpc) is 2.65. The van der Waals surface area contributed by atoms with Crippen molar-refractivity contribution in [3.63, 3.8) is 0 Å². The lowest BCUT2D eigenvalue weighted by atomic mass is 10.1. The second-order valence-electron chi connectivity index (χ2n) is 5.90. The molecule has 0 saturated heterocycles. The Labute approximate surface area is 159 Å². The Morgan fingerprint density at radius 1 is 1.19 bits per heavy atom. The van der Waals surface area contributed by atoms with E-state index in [1.165, 1.54) is 6.21 Å². The highest BCUT2D eigenvalue weighted by molar-refractivity contribution is 7.88. The third-order valence-electron chi connectivity index (χ3n) is 3.78. The zero-order chi connectivity index (χ0) is 19.7. The molecule has 27 heavy (non-hydrogen) atoms. The van der Waals surface area contributed by atoms with Gasteiger partial charge in [-0.2, -0.15) is 9.41 Å². The Morgan fingerprint density at radius 2 is 1.93 bits per heavy atom. The second kappa shape index (κ2) is 9.84. The summed E-state index contributed by atoms with van der Waals surface area (Å²) < 4.78 is 30.1. The predicted octanol–water partition coefficient (Wildman–Crippen LogP) is 1.65. The molecule has 0 unspecified atom stereocenters. The lowest BCUT2D eigenvalue weighted by Gasteiger charge is -2.18. The molecule has 0 spiro atoms. The van der Waals surface area contributed by atoms with E-state index in [4.69, 9.17) is 4.74 Å². The van der Waals surface area contributed by atoms with Gasteiger partial charge in [0.15, 0.2) is 0 Å². The van der Waals surface area contributed by atoms with Crippen LogP contribution in [-0.2, 0) is 21.2 Å². The molecule has 2 rings (SSSR count). The minimum Gasteiger partial charge on any atom is -0.497 e. The van der Waals surface area contributed by atoms with Gasteiger partial charge in [-0.15, -0.1) is 0 Å². The largest absolute Gasteiger partial charge is 0.497 e. The highest BCUT2D eigenvalue weighted by Crippen LogP contribution is 2.10. The minimum atomic E-state index is -3.51. The van der Waals surface area contributed by atoms with Gasteiger partial charge in [-0.3, -0.25) is 4.79 Å². The van der Waals surface area contributed by atoms with E-state index in [1.807, 2.05) is 30.3 Å². The number of hydrogen-bond donors (Lipinski definition) is 1. The van der Waals surface area contributed by atoms with E-state index in [1.54, 1.807) is 31.4 Å². The minimum absolute atomic E-state index is 0.218. The number of hydrogen-bond acceptors (Lipinski definition) is 5. The molecule has 0 aliphatic rings. The van der Waals surface area contributed by atoms with Gasteiger partial charge in [0.05, 0.1) is 26.1 Å². The van der Waals surface area contributed by atoms with Gasteiger partial charge >= 0.3 is 0 Å². The van der Waals surface area contributed by atoms with Gasteiger partial charge in [-0.05, 0) is 29.7 Å². The molecule has 0 atom stereocenters. The van der Waals surface area contributed by atoms with Crippen LogP contribution in [0.4, 0.5) is 0 Å². The molecular formula is C19H23N3O4S. The fourth-order valence-corrected chi connectivity index (χ4v) is 3.13. The van der Waals surface area contributed by atoms with Crippen LogP contribution in [0.2, 0.25) is 0 Å². The quantitative estimate of drug-likeness (QED) is 0.522. The highest BCUT2D eigenvalue weighted by Gasteiger charge is 2.19. The topological polar surface area (TPSA) is 88.1 Å². The van der Waals surface area contributed by atoms with E-state index >= 15 is 0 Å². The molecule has 7 nitrogen and oxygen atoms in total. The van der Waals surface area contributed by atoms with E-state index < -0.39 is 15.9 Å². The molecule has 0 aliphatic heterocycles. The third-order valence-corrected chi connectivity index (χ3v) is 5.03. The number of benzene rings is 2. The Bertz CT molecular complexity index is 883. The number of carbonyl (C=O) groups excluding carboxylic acids is 1. The lowest BCUT2D eigenvalue weighted by molar-refractivity contribution is -0.121. The molecule has 0 aliphatic carbocycles. The fraction of sp³-hybridized carbons (Fsp3) is 0.263. The number of nitrogens with one attached hydrogen (secondary N) is 1. The summed E-state index contributed by atoms with van der Waals surface area (Å²) in [6.45, 7) is -0.0724. The smallest absolute Gasteiger partial charge is 0.255 e. The number of carbonyl (C=O) groups is 1. The maximum absolute atomic E-state index is 12.1. The number of sulfonamides is 1. The van der Waals surface area contributed by atoms with E-state index in [0.717, 1.165) is 21.7 Å². The van der Waals surface area contributed by atoms with Gasteiger partial charge in [0.25, 0.3) is 5.91 Å². The van der Waals surface area contributed by atoms with Crippen LogP contribution < -0.4 is 10.2 Å². The lowest BCUT2D eigenvalue weighted by Crippen LogP contribution is -2.40. The van der Waals surface area contributed by atoms with Gasteiger partial charge in [0.2, 0.25) is 10.0 Å². The van der Waals surface area contributed by atoms with Crippen molar-refractivity contribution in [3.8, 4) is 5.75 Å². The van der Waals surface area contributed by atoms with Crippen LogP contribution >= 0.6 is 0 Å². The molecule has 0 radical (unpaired) electrons. The first kappa shape index (κ1) is 20.6. The van der Waals surface area contributed by atoms with Crippen molar-refractivity contribution < 1.29 is 17.9 Å². The van der Waals surface area contributed by atoms with Gasteiger partial charge in [-0.25, -0.2) is 13.8 Å². The molecule has 144 valence electrons. The van der Waals surface area contributed by atoms with Crippen LogP contribution in [0.5, 0.6) is 5.75 Å². The molecule has 1 N–H and O–H groups in total. The summed E-state index contributed by atoms with van der Waals surface area (Å²) in [5, 5.41) is 3.87. The van der Waals surface area contributed by atoms with Gasteiger partial charge in [-0.1, -0.05) is 42.5 Å². The van der Waals surface area contributed by atoms with Crippen molar-refractivity contribution >= 4 is 22.1 Å². The van der Waals surface area contributed by atoms with E-state index in [2.05, 4.69) is 10.5 Å². The summed E-state index contributed by atoms with van der Waals surface area (Å²) in [5.74, 6) is 0.169.